The normalized spacial score (nSPS) is 11.4. The van der Waals surface area contributed by atoms with Crippen LogP contribution in [0.2, 0.25) is 0 Å². The number of carbonyl (C=O) groups excluding carboxylic acids is 1. The summed E-state index contributed by atoms with van der Waals surface area (Å²) in [6, 6.07) is 0. The number of amides is 1. The molecule has 0 spiro atoms. The number of hydrogen-bond acceptors (Lipinski definition) is 2. The van der Waals surface area contributed by atoms with Crippen molar-refractivity contribution in [3.8, 4) is 0 Å². The van der Waals surface area contributed by atoms with E-state index in [1.54, 1.807) is 19.1 Å². The Morgan fingerprint density at radius 3 is 2.64 bits per heavy atom. The van der Waals surface area contributed by atoms with Crippen LogP contribution in [-0.4, -0.2) is 6.41 Å². The molecule has 3 nitrogen and oxygen atoms in total. The smallest absolute Gasteiger partial charge is 0.211 e. The summed E-state index contributed by atoms with van der Waals surface area (Å²) in [6.07, 6.45) is 6.63. The molecule has 3 N–H and O–H groups in total. The number of rotatable bonds is 6. The van der Waals surface area contributed by atoms with E-state index in [0.29, 0.717) is 18.5 Å². The predicted molar refractivity (Wildman–Crippen MR) is 59.2 cm³/mol. The average Bonchev–Trinajstić information content (AvgIpc) is 2.02. The van der Waals surface area contributed by atoms with Crippen LogP contribution in [-0.2, 0) is 4.79 Å². The van der Waals surface area contributed by atoms with Gasteiger partial charge in [0.2, 0.25) is 6.41 Å². The molecular formula is C11H16N2O. The van der Waals surface area contributed by atoms with Crippen LogP contribution in [0, 0.1) is 0 Å². The molecule has 76 valence electrons. The number of nitrogens with one attached hydrogen (secondary N) is 1. The van der Waals surface area contributed by atoms with E-state index in [1.165, 1.54) is 0 Å². The summed E-state index contributed by atoms with van der Waals surface area (Å²) in [5.74, 6) is 0. The molecule has 0 bridgehead atoms. The van der Waals surface area contributed by atoms with Crippen LogP contribution in [0.4, 0.5) is 0 Å². The minimum Gasteiger partial charge on any atom is -0.402 e. The SMILES string of the molecule is C=C(N)CC(=C)/C=C\C=C(/C)NC=O. The van der Waals surface area contributed by atoms with Crippen molar-refractivity contribution in [2.24, 2.45) is 5.73 Å². The van der Waals surface area contributed by atoms with Gasteiger partial charge in [-0.2, -0.15) is 0 Å². The molecule has 3 heteroatoms. The van der Waals surface area contributed by atoms with E-state index in [-0.39, 0.29) is 0 Å². The fourth-order valence-electron chi connectivity index (χ4n) is 0.820. The fourth-order valence-corrected chi connectivity index (χ4v) is 0.820. The van der Waals surface area contributed by atoms with Gasteiger partial charge in [-0.05, 0) is 18.6 Å². The summed E-state index contributed by atoms with van der Waals surface area (Å²) in [5, 5.41) is 2.52. The molecule has 0 saturated heterocycles. The molecule has 0 unspecified atom stereocenters. The lowest BCUT2D eigenvalue weighted by Crippen LogP contribution is -2.06. The Hall–Kier alpha value is -1.77. The number of carbonyl (C=O) groups is 1. The van der Waals surface area contributed by atoms with Gasteiger partial charge in [-0.3, -0.25) is 4.79 Å². The zero-order valence-electron chi connectivity index (χ0n) is 8.42. The molecule has 0 atom stereocenters. The van der Waals surface area contributed by atoms with E-state index in [0.717, 1.165) is 11.3 Å². The molecule has 0 saturated carbocycles. The molecule has 0 fully saturated rings. The zero-order chi connectivity index (χ0) is 11.0. The first kappa shape index (κ1) is 12.2. The van der Waals surface area contributed by atoms with E-state index >= 15 is 0 Å². The molecule has 0 aromatic heterocycles. The minimum absolute atomic E-state index is 0.588. The third kappa shape index (κ3) is 6.91. The van der Waals surface area contributed by atoms with Crippen LogP contribution >= 0.6 is 0 Å². The predicted octanol–water partition coefficient (Wildman–Crippen LogP) is 1.61. The van der Waals surface area contributed by atoms with Gasteiger partial charge in [-0.15, -0.1) is 0 Å². The van der Waals surface area contributed by atoms with E-state index in [1.807, 2.05) is 6.08 Å². The van der Waals surface area contributed by atoms with Crippen molar-refractivity contribution in [2.45, 2.75) is 13.3 Å². The molecule has 14 heavy (non-hydrogen) atoms. The van der Waals surface area contributed by atoms with Gasteiger partial charge >= 0.3 is 0 Å². The van der Waals surface area contributed by atoms with Gasteiger partial charge in [0.1, 0.15) is 0 Å². The summed E-state index contributed by atoms with van der Waals surface area (Å²) in [4.78, 5) is 10.0. The van der Waals surface area contributed by atoms with Gasteiger partial charge in [0.25, 0.3) is 0 Å². The van der Waals surface area contributed by atoms with Crippen molar-refractivity contribution in [2.75, 3.05) is 0 Å². The number of allylic oxidation sites excluding steroid dienone is 5. The summed E-state index contributed by atoms with van der Waals surface area (Å²) < 4.78 is 0. The lowest BCUT2D eigenvalue weighted by molar-refractivity contribution is -0.108. The Balaban J connectivity index is 4.04. The second-order valence-electron chi connectivity index (χ2n) is 2.96. The molecule has 0 heterocycles. The van der Waals surface area contributed by atoms with Gasteiger partial charge in [-0.25, -0.2) is 0 Å². The van der Waals surface area contributed by atoms with E-state index < -0.39 is 0 Å². The lowest BCUT2D eigenvalue weighted by atomic mass is 10.1. The van der Waals surface area contributed by atoms with Crippen LogP contribution < -0.4 is 11.1 Å². The quantitative estimate of drug-likeness (QED) is 0.496. The topological polar surface area (TPSA) is 55.1 Å². The second kappa shape index (κ2) is 6.71. The molecule has 0 aromatic rings. The highest BCUT2D eigenvalue weighted by Crippen LogP contribution is 2.04. The third-order valence-corrected chi connectivity index (χ3v) is 1.42. The first-order valence-corrected chi connectivity index (χ1v) is 4.22. The second-order valence-corrected chi connectivity index (χ2v) is 2.96. The standard InChI is InChI=1S/C11H16N2O/c1-9(7-10(2)12)5-4-6-11(3)13-8-14/h4-6,8H,1-2,7,12H2,3H3,(H,13,14)/b5-4-,11-6+. The van der Waals surface area contributed by atoms with Crippen molar-refractivity contribution in [1.29, 1.82) is 0 Å². The van der Waals surface area contributed by atoms with E-state index in [4.69, 9.17) is 5.73 Å². The van der Waals surface area contributed by atoms with Gasteiger partial charge in [0.05, 0.1) is 0 Å². The van der Waals surface area contributed by atoms with Crippen LogP contribution in [0.25, 0.3) is 0 Å². The van der Waals surface area contributed by atoms with Crippen molar-refractivity contribution in [3.63, 3.8) is 0 Å². The van der Waals surface area contributed by atoms with Crippen molar-refractivity contribution in [3.05, 3.63) is 48.4 Å². The van der Waals surface area contributed by atoms with Crippen LogP contribution in [0.1, 0.15) is 13.3 Å². The molecule has 0 aliphatic carbocycles. The van der Waals surface area contributed by atoms with Crippen molar-refractivity contribution < 1.29 is 4.79 Å². The molecule has 1 amide bonds. The Bertz CT molecular complexity index is 288. The Morgan fingerprint density at radius 2 is 2.14 bits per heavy atom. The van der Waals surface area contributed by atoms with E-state index in [2.05, 4.69) is 18.5 Å². The van der Waals surface area contributed by atoms with Gasteiger partial charge < -0.3 is 11.1 Å². The maximum Gasteiger partial charge on any atom is 0.211 e. The minimum atomic E-state index is 0.588. The average molecular weight is 192 g/mol. The number of hydrogen-bond donors (Lipinski definition) is 2. The largest absolute Gasteiger partial charge is 0.402 e. The van der Waals surface area contributed by atoms with Crippen LogP contribution in [0.15, 0.2) is 48.4 Å². The number of nitrogens with two attached hydrogens (primary N) is 1. The third-order valence-electron chi connectivity index (χ3n) is 1.42. The van der Waals surface area contributed by atoms with Gasteiger partial charge in [0, 0.05) is 17.8 Å². The van der Waals surface area contributed by atoms with E-state index in [9.17, 15) is 4.79 Å². The first-order chi connectivity index (χ1) is 6.56. The summed E-state index contributed by atoms with van der Waals surface area (Å²) in [5.41, 5.74) is 7.65. The van der Waals surface area contributed by atoms with Crippen LogP contribution in [0.3, 0.4) is 0 Å². The highest BCUT2D eigenvalue weighted by atomic mass is 16.1. The summed E-state index contributed by atoms with van der Waals surface area (Å²) in [7, 11) is 0. The lowest BCUT2D eigenvalue weighted by Gasteiger charge is -1.97. The molecule has 0 rings (SSSR count). The molecule has 0 aromatic carbocycles. The highest BCUT2D eigenvalue weighted by molar-refractivity contribution is 5.49. The summed E-state index contributed by atoms with van der Waals surface area (Å²) in [6.45, 7) is 9.16. The van der Waals surface area contributed by atoms with Crippen molar-refractivity contribution >= 4 is 6.41 Å². The monoisotopic (exact) mass is 192 g/mol. The fraction of sp³-hybridized carbons (Fsp3) is 0.182. The first-order valence-electron chi connectivity index (χ1n) is 4.22. The summed E-state index contributed by atoms with van der Waals surface area (Å²) >= 11 is 0. The Labute approximate surface area is 84.7 Å². The van der Waals surface area contributed by atoms with Crippen molar-refractivity contribution in [1.82, 2.24) is 5.32 Å². The molecule has 0 aliphatic heterocycles. The molecular weight excluding hydrogens is 176 g/mol. The molecule has 0 radical (unpaired) electrons. The van der Waals surface area contributed by atoms with Gasteiger partial charge in [-0.1, -0.05) is 25.3 Å². The Kier molecular flexibility index (Phi) is 5.87. The molecule has 0 aliphatic rings. The maximum absolute atomic E-state index is 10.0. The highest BCUT2D eigenvalue weighted by Gasteiger charge is 1.88. The van der Waals surface area contributed by atoms with Crippen LogP contribution in [0.5, 0.6) is 0 Å². The zero-order valence-corrected chi connectivity index (χ0v) is 8.42. The Morgan fingerprint density at radius 1 is 1.50 bits per heavy atom. The van der Waals surface area contributed by atoms with Gasteiger partial charge in [0.15, 0.2) is 0 Å². The maximum atomic E-state index is 10.0.